The lowest BCUT2D eigenvalue weighted by Gasteiger charge is -2.23. The highest BCUT2D eigenvalue weighted by Gasteiger charge is 2.51. The molecule has 2 N–H and O–H groups in total. The molecule has 2 fully saturated rings. The zero-order valence-corrected chi connectivity index (χ0v) is 14.1. The second-order valence-electron chi connectivity index (χ2n) is 6.78. The summed E-state index contributed by atoms with van der Waals surface area (Å²) in [5, 5.41) is 4.94. The molecule has 2 heterocycles. The van der Waals surface area contributed by atoms with Crippen molar-refractivity contribution in [2.45, 2.75) is 44.6 Å². The number of hydrogen-bond donors (Lipinski definition) is 2. The van der Waals surface area contributed by atoms with E-state index in [1.807, 2.05) is 6.92 Å². The van der Waals surface area contributed by atoms with Crippen LogP contribution in [0.15, 0.2) is 24.3 Å². The van der Waals surface area contributed by atoms with E-state index in [1.165, 1.54) is 5.56 Å². The molecule has 6 heteroatoms. The van der Waals surface area contributed by atoms with Gasteiger partial charge in [0, 0.05) is 13.0 Å². The molecule has 0 radical (unpaired) electrons. The Hall–Kier alpha value is -2.37. The smallest absolute Gasteiger partial charge is 0.322 e. The molecular weight excluding hydrogens is 306 g/mol. The van der Waals surface area contributed by atoms with Crippen molar-refractivity contribution in [2.75, 3.05) is 13.1 Å². The van der Waals surface area contributed by atoms with E-state index < -0.39 is 11.6 Å². The molecule has 0 unspecified atom stereocenters. The third-order valence-electron chi connectivity index (χ3n) is 5.10. The highest BCUT2D eigenvalue weighted by atomic mass is 16.2. The summed E-state index contributed by atoms with van der Waals surface area (Å²) in [6.45, 7) is 4.87. The van der Waals surface area contributed by atoms with Crippen LogP contribution in [0.25, 0.3) is 0 Å². The topological polar surface area (TPSA) is 78.5 Å². The van der Waals surface area contributed by atoms with Crippen LogP contribution in [0, 0.1) is 6.92 Å². The Morgan fingerprint density at radius 1 is 1.29 bits per heavy atom. The van der Waals surface area contributed by atoms with E-state index in [-0.39, 0.29) is 24.3 Å². The van der Waals surface area contributed by atoms with Gasteiger partial charge in [0.05, 0.1) is 6.54 Å². The van der Waals surface area contributed by atoms with E-state index in [4.69, 9.17) is 0 Å². The number of nitrogens with zero attached hydrogens (tertiary/aromatic N) is 1. The van der Waals surface area contributed by atoms with Crippen molar-refractivity contribution >= 4 is 17.8 Å². The van der Waals surface area contributed by atoms with Gasteiger partial charge in [-0.3, -0.25) is 14.9 Å². The number of aryl methyl sites for hydroxylation is 1. The van der Waals surface area contributed by atoms with Gasteiger partial charge in [-0.1, -0.05) is 36.8 Å². The number of imide groups is 1. The van der Waals surface area contributed by atoms with E-state index in [0.29, 0.717) is 19.4 Å². The fourth-order valence-electron chi connectivity index (χ4n) is 3.51. The molecule has 2 saturated heterocycles. The van der Waals surface area contributed by atoms with Crippen molar-refractivity contribution in [1.82, 2.24) is 15.5 Å². The molecule has 1 aromatic rings. The molecular formula is C18H23N3O3. The molecule has 0 saturated carbocycles. The van der Waals surface area contributed by atoms with Gasteiger partial charge in [-0.05, 0) is 31.2 Å². The summed E-state index contributed by atoms with van der Waals surface area (Å²) in [6.07, 6.45) is 1.77. The van der Waals surface area contributed by atoms with Gasteiger partial charge in [0.15, 0.2) is 0 Å². The largest absolute Gasteiger partial charge is 0.340 e. The number of carbonyl (C=O) groups is 3. The Labute approximate surface area is 141 Å². The lowest BCUT2D eigenvalue weighted by Crippen LogP contribution is -2.49. The van der Waals surface area contributed by atoms with E-state index >= 15 is 0 Å². The quantitative estimate of drug-likeness (QED) is 0.825. The lowest BCUT2D eigenvalue weighted by molar-refractivity contribution is -0.131. The first-order chi connectivity index (χ1) is 11.4. The van der Waals surface area contributed by atoms with Crippen molar-refractivity contribution in [2.24, 2.45) is 0 Å². The average Bonchev–Trinajstić information content (AvgIpc) is 3.10. The molecule has 2 aliphatic heterocycles. The van der Waals surface area contributed by atoms with Crippen LogP contribution in [0.5, 0.6) is 0 Å². The van der Waals surface area contributed by atoms with E-state index in [0.717, 1.165) is 12.0 Å². The Bertz CT molecular complexity index is 671. The van der Waals surface area contributed by atoms with Crippen LogP contribution in [0.4, 0.5) is 4.79 Å². The molecule has 2 aliphatic rings. The Balaban J connectivity index is 1.65. The molecule has 6 nitrogen and oxygen atoms in total. The molecule has 0 bridgehead atoms. The Morgan fingerprint density at radius 3 is 2.58 bits per heavy atom. The number of nitrogens with one attached hydrogen (secondary N) is 2. The number of carbonyl (C=O) groups excluding carboxylic acids is 3. The molecule has 24 heavy (non-hydrogen) atoms. The van der Waals surface area contributed by atoms with Crippen molar-refractivity contribution in [3.8, 4) is 0 Å². The predicted octanol–water partition coefficient (Wildman–Crippen LogP) is 1.69. The van der Waals surface area contributed by atoms with Crippen molar-refractivity contribution in [3.05, 3.63) is 35.4 Å². The van der Waals surface area contributed by atoms with Gasteiger partial charge in [-0.2, -0.15) is 0 Å². The normalized spacial score (nSPS) is 24.2. The van der Waals surface area contributed by atoms with E-state index in [1.54, 1.807) is 4.90 Å². The molecule has 0 aromatic heterocycles. The summed E-state index contributed by atoms with van der Waals surface area (Å²) in [5.41, 5.74) is 1.43. The van der Waals surface area contributed by atoms with Crippen LogP contribution in [0.2, 0.25) is 0 Å². The molecule has 128 valence electrons. The van der Waals surface area contributed by atoms with Crippen molar-refractivity contribution in [3.63, 3.8) is 0 Å². The third-order valence-corrected chi connectivity index (χ3v) is 5.10. The number of urea groups is 1. The Morgan fingerprint density at radius 2 is 2.00 bits per heavy atom. The number of rotatable bonds is 4. The summed E-state index contributed by atoms with van der Waals surface area (Å²) in [5.74, 6) is -0.122. The van der Waals surface area contributed by atoms with Crippen LogP contribution >= 0.6 is 0 Å². The predicted molar refractivity (Wildman–Crippen MR) is 89.4 cm³/mol. The zero-order valence-electron chi connectivity index (χ0n) is 14.1. The van der Waals surface area contributed by atoms with Gasteiger partial charge < -0.3 is 10.2 Å². The van der Waals surface area contributed by atoms with Crippen LogP contribution in [0.1, 0.15) is 43.2 Å². The fraction of sp³-hybridized carbons (Fsp3) is 0.500. The minimum Gasteiger partial charge on any atom is -0.340 e. The van der Waals surface area contributed by atoms with Crippen molar-refractivity contribution < 1.29 is 14.4 Å². The van der Waals surface area contributed by atoms with Gasteiger partial charge in [-0.25, -0.2) is 4.79 Å². The first-order valence-electron chi connectivity index (χ1n) is 8.41. The molecule has 1 aromatic carbocycles. The number of likely N-dealkylation sites (tertiary alicyclic amines) is 1. The fourth-order valence-corrected chi connectivity index (χ4v) is 3.51. The summed E-state index contributed by atoms with van der Waals surface area (Å²) >= 11 is 0. The standard InChI is InChI=1S/C18H23N3O3/c1-3-13(14-6-4-12(2)5-7-14)10-15(22)21-9-8-18(11-21)16(23)19-17(24)20-18/h4-7,13H,3,8-11H2,1-2H3,(H2,19,20,23,24)/t13-,18+/m1/s1. The maximum atomic E-state index is 12.7. The van der Waals surface area contributed by atoms with Gasteiger partial charge in [0.25, 0.3) is 5.91 Å². The minimum atomic E-state index is -0.932. The number of benzene rings is 1. The van der Waals surface area contributed by atoms with Crippen LogP contribution in [-0.4, -0.2) is 41.4 Å². The first-order valence-corrected chi connectivity index (χ1v) is 8.41. The zero-order chi connectivity index (χ0) is 17.3. The second kappa shape index (κ2) is 6.26. The summed E-state index contributed by atoms with van der Waals surface area (Å²) in [4.78, 5) is 37.7. The maximum absolute atomic E-state index is 12.7. The summed E-state index contributed by atoms with van der Waals surface area (Å²) in [6, 6.07) is 7.80. The SMILES string of the molecule is CC[C@H](CC(=O)N1CC[C@@]2(C1)NC(=O)NC2=O)c1ccc(C)cc1. The third kappa shape index (κ3) is 3.00. The molecule has 2 atom stereocenters. The number of hydrogen-bond acceptors (Lipinski definition) is 3. The van der Waals surface area contributed by atoms with Crippen LogP contribution in [-0.2, 0) is 9.59 Å². The highest BCUT2D eigenvalue weighted by molar-refractivity contribution is 6.07. The lowest BCUT2D eigenvalue weighted by atomic mass is 9.92. The molecule has 1 spiro atoms. The second-order valence-corrected chi connectivity index (χ2v) is 6.78. The van der Waals surface area contributed by atoms with Crippen LogP contribution < -0.4 is 10.6 Å². The first kappa shape index (κ1) is 16.5. The average molecular weight is 329 g/mol. The minimum absolute atomic E-state index is 0.0354. The highest BCUT2D eigenvalue weighted by Crippen LogP contribution is 2.29. The van der Waals surface area contributed by atoms with Gasteiger partial charge in [0.1, 0.15) is 5.54 Å². The molecule has 4 amide bonds. The summed E-state index contributed by atoms with van der Waals surface area (Å²) < 4.78 is 0. The van der Waals surface area contributed by atoms with Gasteiger partial charge in [-0.15, -0.1) is 0 Å². The van der Waals surface area contributed by atoms with Crippen LogP contribution in [0.3, 0.4) is 0 Å². The van der Waals surface area contributed by atoms with Crippen molar-refractivity contribution in [1.29, 1.82) is 0 Å². The van der Waals surface area contributed by atoms with Gasteiger partial charge in [0.2, 0.25) is 5.91 Å². The van der Waals surface area contributed by atoms with E-state index in [9.17, 15) is 14.4 Å². The monoisotopic (exact) mass is 329 g/mol. The maximum Gasteiger partial charge on any atom is 0.322 e. The number of amides is 4. The molecule has 3 rings (SSSR count). The Kier molecular flexibility index (Phi) is 4.30. The van der Waals surface area contributed by atoms with Gasteiger partial charge >= 0.3 is 6.03 Å². The van der Waals surface area contributed by atoms with E-state index in [2.05, 4.69) is 41.8 Å². The molecule has 0 aliphatic carbocycles. The summed E-state index contributed by atoms with van der Waals surface area (Å²) in [7, 11) is 0.